The maximum atomic E-state index is 11.7. The third kappa shape index (κ3) is 2.12. The Morgan fingerprint density at radius 3 is 2.46 bits per heavy atom. The van der Waals surface area contributed by atoms with Crippen molar-refractivity contribution in [2.24, 2.45) is 11.8 Å². The molecule has 28 heavy (non-hydrogen) atoms. The number of nitro benzene ring substituents is 1. The maximum absolute atomic E-state index is 11.7. The summed E-state index contributed by atoms with van der Waals surface area (Å²) >= 11 is 0. The van der Waals surface area contributed by atoms with Crippen LogP contribution in [0.4, 0.5) is 11.4 Å². The largest absolute Gasteiger partial charge is 0.363 e. The first kappa shape index (κ1) is 16.1. The van der Waals surface area contributed by atoms with Crippen LogP contribution in [0.5, 0.6) is 0 Å². The Balaban J connectivity index is 1.61. The molecule has 4 nitrogen and oxygen atoms in total. The van der Waals surface area contributed by atoms with E-state index in [1.165, 1.54) is 11.3 Å². The molecule has 2 aromatic rings. The third-order valence-corrected chi connectivity index (χ3v) is 7.19. The van der Waals surface area contributed by atoms with E-state index in [0.717, 1.165) is 30.5 Å². The van der Waals surface area contributed by atoms with Gasteiger partial charge in [0.25, 0.3) is 5.69 Å². The van der Waals surface area contributed by atoms with Crippen molar-refractivity contribution >= 4 is 11.4 Å². The fourth-order valence-corrected chi connectivity index (χ4v) is 6.09. The van der Waals surface area contributed by atoms with Gasteiger partial charge < -0.3 is 4.90 Å². The van der Waals surface area contributed by atoms with Crippen LogP contribution in [0, 0.1) is 22.0 Å². The summed E-state index contributed by atoms with van der Waals surface area (Å²) in [6, 6.07) is 14.8. The van der Waals surface area contributed by atoms with Crippen molar-refractivity contribution in [3.05, 3.63) is 93.6 Å². The van der Waals surface area contributed by atoms with Gasteiger partial charge in [0.1, 0.15) is 0 Å². The molecule has 4 aliphatic rings. The van der Waals surface area contributed by atoms with Gasteiger partial charge in [0.15, 0.2) is 0 Å². The standard InChI is InChI=1S/C24H22N2O2/c27-26(28)17-12-21-18-9-4-8-16(18)14-25-23(15-6-2-1-3-7-15)20-11-5-10-19(20)22(13-17)24(21)25/h1-7,9-10,12-13,16,18-20,23H,8,11,14H2/t16-,18+,19+,20-,23+/m0/s1. The van der Waals surface area contributed by atoms with Gasteiger partial charge in [-0.3, -0.25) is 10.1 Å². The van der Waals surface area contributed by atoms with E-state index in [4.69, 9.17) is 0 Å². The number of hydrogen-bond donors (Lipinski definition) is 0. The molecule has 0 saturated carbocycles. The molecule has 0 fully saturated rings. The zero-order valence-corrected chi connectivity index (χ0v) is 15.6. The highest BCUT2D eigenvalue weighted by Gasteiger charge is 2.48. The Hall–Kier alpha value is -2.88. The van der Waals surface area contributed by atoms with Gasteiger partial charge in [-0.25, -0.2) is 0 Å². The van der Waals surface area contributed by atoms with Gasteiger partial charge in [-0.1, -0.05) is 54.6 Å². The topological polar surface area (TPSA) is 46.4 Å². The average molecular weight is 370 g/mol. The van der Waals surface area contributed by atoms with E-state index in [1.807, 2.05) is 12.1 Å². The fraction of sp³-hybridized carbons (Fsp3) is 0.333. The van der Waals surface area contributed by atoms with E-state index >= 15 is 0 Å². The number of hydrogen-bond acceptors (Lipinski definition) is 3. The molecule has 5 atom stereocenters. The van der Waals surface area contributed by atoms with Gasteiger partial charge in [-0.2, -0.15) is 0 Å². The van der Waals surface area contributed by atoms with Crippen LogP contribution < -0.4 is 4.90 Å². The number of nitro groups is 1. The summed E-state index contributed by atoms with van der Waals surface area (Å²) < 4.78 is 0. The van der Waals surface area contributed by atoms with Gasteiger partial charge >= 0.3 is 0 Å². The zero-order valence-electron chi connectivity index (χ0n) is 15.6. The van der Waals surface area contributed by atoms with Crippen LogP contribution in [-0.4, -0.2) is 11.5 Å². The van der Waals surface area contributed by atoms with Gasteiger partial charge in [0, 0.05) is 36.2 Å². The lowest BCUT2D eigenvalue weighted by Crippen LogP contribution is -2.46. The van der Waals surface area contributed by atoms with E-state index in [-0.39, 0.29) is 16.5 Å². The molecular weight excluding hydrogens is 348 g/mol. The lowest BCUT2D eigenvalue weighted by Gasteiger charge is -2.51. The van der Waals surface area contributed by atoms with Gasteiger partial charge in [0.05, 0.1) is 11.0 Å². The molecule has 4 heteroatoms. The number of allylic oxidation sites excluding steroid dienone is 4. The molecule has 0 bridgehead atoms. The van der Waals surface area contributed by atoms with Crippen molar-refractivity contribution < 1.29 is 4.92 Å². The molecule has 0 amide bonds. The number of benzene rings is 2. The molecule has 0 aromatic heterocycles. The van der Waals surface area contributed by atoms with E-state index in [0.29, 0.717) is 23.8 Å². The third-order valence-electron chi connectivity index (χ3n) is 7.19. The lowest BCUT2D eigenvalue weighted by molar-refractivity contribution is -0.385. The normalized spacial score (nSPS) is 31.4. The van der Waals surface area contributed by atoms with E-state index in [9.17, 15) is 10.1 Å². The minimum Gasteiger partial charge on any atom is -0.363 e. The Morgan fingerprint density at radius 1 is 0.964 bits per heavy atom. The number of rotatable bonds is 2. The van der Waals surface area contributed by atoms with E-state index in [2.05, 4.69) is 59.5 Å². The minimum absolute atomic E-state index is 0.222. The van der Waals surface area contributed by atoms with Crippen LogP contribution in [-0.2, 0) is 0 Å². The first-order valence-electron chi connectivity index (χ1n) is 10.2. The number of fused-ring (bicyclic) bond motifs is 4. The van der Waals surface area contributed by atoms with Crippen LogP contribution >= 0.6 is 0 Å². The molecule has 6 rings (SSSR count). The molecule has 0 radical (unpaired) electrons. The molecule has 2 heterocycles. The van der Waals surface area contributed by atoms with Crippen LogP contribution in [0.2, 0.25) is 0 Å². The van der Waals surface area contributed by atoms with E-state index in [1.54, 1.807) is 0 Å². The minimum atomic E-state index is -0.222. The van der Waals surface area contributed by atoms with Crippen LogP contribution in [0.15, 0.2) is 66.8 Å². The number of nitrogens with zero attached hydrogens (tertiary/aromatic N) is 2. The Labute approximate surface area is 164 Å². The van der Waals surface area contributed by atoms with Crippen molar-refractivity contribution in [3.63, 3.8) is 0 Å². The SMILES string of the molecule is O=[N+]([O-])c1cc2c3c(c1)[C@@H]1C=CC[C@@H]1[C@@H](c1ccccc1)N3C[C@@H]1CC=C[C@@H]21. The second-order valence-electron chi connectivity index (χ2n) is 8.54. The van der Waals surface area contributed by atoms with Crippen LogP contribution in [0.25, 0.3) is 0 Å². The summed E-state index contributed by atoms with van der Waals surface area (Å²) in [4.78, 5) is 14.0. The van der Waals surface area contributed by atoms with Crippen LogP contribution in [0.3, 0.4) is 0 Å². The number of anilines is 1. The molecule has 0 spiro atoms. The second-order valence-corrected chi connectivity index (χ2v) is 8.54. The highest BCUT2D eigenvalue weighted by molar-refractivity contribution is 5.72. The summed E-state index contributed by atoms with van der Waals surface area (Å²) in [6.07, 6.45) is 11.2. The maximum Gasteiger partial charge on any atom is 0.270 e. The first-order chi connectivity index (χ1) is 13.7. The smallest absolute Gasteiger partial charge is 0.270 e. The summed E-state index contributed by atoms with van der Waals surface area (Å²) in [7, 11) is 0. The fourth-order valence-electron chi connectivity index (χ4n) is 6.09. The zero-order chi connectivity index (χ0) is 18.8. The van der Waals surface area contributed by atoms with Crippen molar-refractivity contribution in [3.8, 4) is 0 Å². The molecule has 2 aliphatic heterocycles. The molecule has 0 saturated heterocycles. The average Bonchev–Trinajstić information content (AvgIpc) is 3.38. The van der Waals surface area contributed by atoms with Gasteiger partial charge in [-0.05, 0) is 41.4 Å². The Kier molecular flexibility index (Phi) is 3.34. The lowest BCUT2D eigenvalue weighted by atomic mass is 9.70. The first-order valence-corrected chi connectivity index (χ1v) is 10.2. The van der Waals surface area contributed by atoms with Gasteiger partial charge in [-0.15, -0.1) is 0 Å². The number of non-ortho nitro benzene ring substituents is 1. The van der Waals surface area contributed by atoms with Crippen molar-refractivity contribution in [2.45, 2.75) is 30.7 Å². The molecule has 2 aliphatic carbocycles. The Morgan fingerprint density at radius 2 is 1.68 bits per heavy atom. The molecular formula is C24H22N2O2. The molecule has 0 unspecified atom stereocenters. The highest BCUT2D eigenvalue weighted by Crippen LogP contribution is 2.59. The van der Waals surface area contributed by atoms with Gasteiger partial charge in [0.2, 0.25) is 0 Å². The predicted octanol–water partition coefficient (Wildman–Crippen LogP) is 5.49. The van der Waals surface area contributed by atoms with E-state index < -0.39 is 0 Å². The molecule has 2 aromatic carbocycles. The second kappa shape index (κ2) is 5.81. The molecule has 140 valence electrons. The summed E-state index contributed by atoms with van der Waals surface area (Å²) in [5.74, 6) is 1.52. The van der Waals surface area contributed by atoms with Crippen molar-refractivity contribution in [1.29, 1.82) is 0 Å². The summed E-state index contributed by atoms with van der Waals surface area (Å²) in [5, 5.41) is 11.7. The monoisotopic (exact) mass is 370 g/mol. The predicted molar refractivity (Wildman–Crippen MR) is 110 cm³/mol. The quantitative estimate of drug-likeness (QED) is 0.399. The summed E-state index contributed by atoms with van der Waals surface area (Å²) in [5.41, 5.74) is 5.19. The Bertz CT molecular complexity index is 1010. The molecule has 0 N–H and O–H groups in total. The van der Waals surface area contributed by atoms with Crippen molar-refractivity contribution in [1.82, 2.24) is 0 Å². The van der Waals surface area contributed by atoms with Crippen molar-refractivity contribution in [2.75, 3.05) is 11.4 Å². The van der Waals surface area contributed by atoms with Crippen LogP contribution in [0.1, 0.15) is 47.4 Å². The summed E-state index contributed by atoms with van der Waals surface area (Å²) in [6.45, 7) is 1.03. The highest BCUT2D eigenvalue weighted by atomic mass is 16.6.